The first-order chi connectivity index (χ1) is 15.0. The molecule has 1 aliphatic rings. The van der Waals surface area contributed by atoms with E-state index >= 15 is 0 Å². The van der Waals surface area contributed by atoms with Crippen molar-refractivity contribution >= 4 is 39.8 Å². The van der Waals surface area contributed by atoms with Crippen LogP contribution >= 0.6 is 18.9 Å². The van der Waals surface area contributed by atoms with Gasteiger partial charge in [0.15, 0.2) is 5.13 Å². The number of hydrogen-bond acceptors (Lipinski definition) is 5. The Morgan fingerprint density at radius 3 is 2.55 bits per heavy atom. The number of nitrogens with one attached hydrogen (secondary N) is 1. The van der Waals surface area contributed by atoms with Crippen LogP contribution in [-0.2, 0) is 4.57 Å². The Labute approximate surface area is 184 Å². The number of hydrogen-bond donors (Lipinski definition) is 3. The number of rotatable bonds is 5. The molecule has 0 spiro atoms. The molecule has 0 unspecified atom stereocenters. The van der Waals surface area contributed by atoms with E-state index in [0.29, 0.717) is 11.8 Å². The fourth-order valence-corrected chi connectivity index (χ4v) is 5.70. The average Bonchev–Trinajstić information content (AvgIpc) is 3.41. The summed E-state index contributed by atoms with van der Waals surface area (Å²) >= 11 is 1.67. The van der Waals surface area contributed by atoms with Gasteiger partial charge >= 0.3 is 7.60 Å². The van der Waals surface area contributed by atoms with Gasteiger partial charge in [-0.1, -0.05) is 60.9 Å². The lowest BCUT2D eigenvalue weighted by Gasteiger charge is -2.22. The van der Waals surface area contributed by atoms with Crippen molar-refractivity contribution in [1.82, 2.24) is 4.98 Å². The van der Waals surface area contributed by atoms with Crippen LogP contribution in [-0.4, -0.2) is 20.8 Å². The van der Waals surface area contributed by atoms with Crippen LogP contribution < -0.4 is 10.8 Å². The van der Waals surface area contributed by atoms with E-state index < -0.39 is 7.60 Å². The third-order valence-electron chi connectivity index (χ3n) is 5.68. The van der Waals surface area contributed by atoms with Crippen molar-refractivity contribution in [2.24, 2.45) is 0 Å². The Hall–Kier alpha value is -2.44. The first-order valence-electron chi connectivity index (χ1n) is 10.4. The lowest BCUT2D eigenvalue weighted by atomic mass is 9.96. The summed E-state index contributed by atoms with van der Waals surface area (Å²) in [6, 6.07) is 17.3. The lowest BCUT2D eigenvalue weighted by molar-refractivity contribution is 0.377. The summed E-state index contributed by atoms with van der Waals surface area (Å²) in [6.45, 7) is 0. The van der Waals surface area contributed by atoms with Crippen LogP contribution in [0, 0.1) is 0 Å². The second-order valence-corrected chi connectivity index (χ2v) is 10.4. The largest absolute Gasteiger partial charge is 0.448 e. The smallest absolute Gasteiger partial charge is 0.391 e. The molecular formula is C23H23N2O4PS. The van der Waals surface area contributed by atoms with Crippen LogP contribution in [0.4, 0.5) is 5.13 Å². The molecule has 2 aromatic heterocycles. The summed E-state index contributed by atoms with van der Waals surface area (Å²) in [5.41, 5.74) is 3.49. The van der Waals surface area contributed by atoms with Gasteiger partial charge in [0.2, 0.25) is 5.50 Å². The third-order valence-corrected chi connectivity index (χ3v) is 7.53. The number of benzene rings is 2. The predicted molar refractivity (Wildman–Crippen MR) is 125 cm³/mol. The molecule has 1 aliphatic carbocycles. The van der Waals surface area contributed by atoms with Crippen molar-refractivity contribution in [2.75, 3.05) is 5.32 Å². The zero-order valence-electron chi connectivity index (χ0n) is 16.8. The van der Waals surface area contributed by atoms with E-state index in [4.69, 9.17) is 9.40 Å². The molecule has 6 nitrogen and oxygen atoms in total. The van der Waals surface area contributed by atoms with Crippen LogP contribution in [0.5, 0.6) is 0 Å². The van der Waals surface area contributed by atoms with E-state index in [1.807, 2.05) is 36.4 Å². The van der Waals surface area contributed by atoms with Gasteiger partial charge in [0, 0.05) is 17.2 Å². The normalized spacial score (nSPS) is 15.4. The summed E-state index contributed by atoms with van der Waals surface area (Å²) in [7, 11) is -4.41. The van der Waals surface area contributed by atoms with Crippen molar-refractivity contribution in [2.45, 2.75) is 38.1 Å². The minimum Gasteiger partial charge on any atom is -0.448 e. The SMILES string of the molecule is O=P(O)(O)c1ccc(-c2cccc(-c3cccc4nc(NC5CCCCC5)sc34)c2)o1. The minimum atomic E-state index is -4.41. The molecule has 2 heterocycles. The van der Waals surface area contributed by atoms with Crippen LogP contribution in [0.1, 0.15) is 32.1 Å². The van der Waals surface area contributed by atoms with E-state index in [0.717, 1.165) is 32.0 Å². The van der Waals surface area contributed by atoms with Crippen molar-refractivity contribution < 1.29 is 18.8 Å². The summed E-state index contributed by atoms with van der Waals surface area (Å²) in [5, 5.41) is 4.58. The van der Waals surface area contributed by atoms with Gasteiger partial charge in [-0.3, -0.25) is 4.57 Å². The van der Waals surface area contributed by atoms with Crippen LogP contribution in [0.25, 0.3) is 32.7 Å². The molecule has 0 radical (unpaired) electrons. The number of fused-ring (bicyclic) bond motifs is 1. The highest BCUT2D eigenvalue weighted by atomic mass is 32.1. The van der Waals surface area contributed by atoms with Gasteiger partial charge in [0.25, 0.3) is 0 Å². The highest BCUT2D eigenvalue weighted by molar-refractivity contribution is 7.59. The molecule has 2 aromatic carbocycles. The molecule has 0 atom stereocenters. The van der Waals surface area contributed by atoms with Crippen molar-refractivity contribution in [1.29, 1.82) is 0 Å². The number of thiazole rings is 1. The lowest BCUT2D eigenvalue weighted by Crippen LogP contribution is -2.21. The number of nitrogens with zero attached hydrogens (tertiary/aromatic N) is 1. The maximum atomic E-state index is 11.4. The Balaban J connectivity index is 1.48. The monoisotopic (exact) mass is 454 g/mol. The molecule has 3 N–H and O–H groups in total. The maximum absolute atomic E-state index is 11.4. The zero-order chi connectivity index (χ0) is 21.4. The summed E-state index contributed by atoms with van der Waals surface area (Å²) in [6.07, 6.45) is 6.27. The van der Waals surface area contributed by atoms with Crippen molar-refractivity contribution in [3.63, 3.8) is 0 Å². The first kappa shape index (κ1) is 20.5. The third kappa shape index (κ3) is 4.32. The molecule has 31 heavy (non-hydrogen) atoms. The molecule has 1 fully saturated rings. The Morgan fingerprint density at radius 1 is 1.00 bits per heavy atom. The van der Waals surface area contributed by atoms with Crippen LogP contribution in [0.15, 0.2) is 59.0 Å². The molecule has 4 aromatic rings. The van der Waals surface area contributed by atoms with E-state index in [2.05, 4.69) is 11.4 Å². The first-order valence-corrected chi connectivity index (χ1v) is 12.8. The molecule has 0 bridgehead atoms. The quantitative estimate of drug-likeness (QED) is 0.331. The van der Waals surface area contributed by atoms with Crippen molar-refractivity contribution in [3.05, 3.63) is 54.6 Å². The molecule has 1 saturated carbocycles. The topological polar surface area (TPSA) is 95.6 Å². The summed E-state index contributed by atoms with van der Waals surface area (Å²) in [4.78, 5) is 23.5. The maximum Gasteiger partial charge on any atom is 0.391 e. The second-order valence-electron chi connectivity index (χ2n) is 7.91. The second kappa shape index (κ2) is 8.24. The number of furan rings is 1. The molecule has 0 aliphatic heterocycles. The van der Waals surface area contributed by atoms with Gasteiger partial charge in [-0.05, 0) is 42.7 Å². The van der Waals surface area contributed by atoms with Gasteiger partial charge < -0.3 is 19.5 Å². The molecule has 0 saturated heterocycles. The van der Waals surface area contributed by atoms with Gasteiger partial charge in [-0.25, -0.2) is 4.98 Å². The summed E-state index contributed by atoms with van der Waals surface area (Å²) in [5.74, 6) is 0.427. The van der Waals surface area contributed by atoms with Crippen molar-refractivity contribution in [3.8, 4) is 22.5 Å². The van der Waals surface area contributed by atoms with Gasteiger partial charge in [0.05, 0.1) is 10.2 Å². The van der Waals surface area contributed by atoms with E-state index in [1.54, 1.807) is 17.4 Å². The van der Waals surface area contributed by atoms with E-state index in [-0.39, 0.29) is 5.50 Å². The molecule has 0 amide bonds. The predicted octanol–water partition coefficient (Wildman–Crippen LogP) is 5.77. The Kier molecular flexibility index (Phi) is 5.44. The van der Waals surface area contributed by atoms with E-state index in [9.17, 15) is 14.4 Å². The van der Waals surface area contributed by atoms with Gasteiger partial charge in [0.1, 0.15) is 5.76 Å². The molecule has 5 rings (SSSR count). The number of anilines is 1. The minimum absolute atomic E-state index is 0.323. The fraction of sp³-hybridized carbons (Fsp3) is 0.261. The van der Waals surface area contributed by atoms with Crippen LogP contribution in [0.3, 0.4) is 0 Å². The highest BCUT2D eigenvalue weighted by Gasteiger charge is 2.22. The Bertz CT molecular complexity index is 1270. The van der Waals surface area contributed by atoms with Gasteiger partial charge in [-0.2, -0.15) is 0 Å². The zero-order valence-corrected chi connectivity index (χ0v) is 18.5. The Morgan fingerprint density at radius 2 is 1.77 bits per heavy atom. The van der Waals surface area contributed by atoms with E-state index in [1.165, 1.54) is 38.2 Å². The average molecular weight is 454 g/mol. The number of aromatic nitrogens is 1. The summed E-state index contributed by atoms with van der Waals surface area (Å²) < 4.78 is 18.0. The van der Waals surface area contributed by atoms with Crippen LogP contribution in [0.2, 0.25) is 0 Å². The molecule has 8 heteroatoms. The fourth-order valence-electron chi connectivity index (χ4n) is 4.14. The van der Waals surface area contributed by atoms with Gasteiger partial charge in [-0.15, -0.1) is 0 Å². The highest BCUT2D eigenvalue weighted by Crippen LogP contribution is 2.38. The molecule has 160 valence electrons. The molecular weight excluding hydrogens is 431 g/mol. The standard InChI is InChI=1S/C23H23N2O4PS/c26-30(27,28)21-13-12-20(29-21)16-7-4-6-15(14-16)18-10-5-11-19-22(18)31-23(25-19)24-17-8-2-1-3-9-17/h4-7,10-14,17H,1-3,8-9H2,(H,24,25)(H2,26,27,28).